The fourth-order valence-corrected chi connectivity index (χ4v) is 1.39. The van der Waals surface area contributed by atoms with Crippen LogP contribution in [0.5, 0.6) is 11.5 Å². The zero-order valence-corrected chi connectivity index (χ0v) is 10.4. The highest BCUT2D eigenvalue weighted by atomic mass is 16.5. The Morgan fingerprint density at radius 2 is 1.56 bits per heavy atom. The summed E-state index contributed by atoms with van der Waals surface area (Å²) in [5, 5.41) is 0. The summed E-state index contributed by atoms with van der Waals surface area (Å²) in [7, 11) is 0. The number of rotatable bonds is 4. The van der Waals surface area contributed by atoms with Gasteiger partial charge in [-0.05, 0) is 24.6 Å². The molecule has 1 radical (unpaired) electrons. The molecular weight excluding hydrogens is 232 g/mol. The molecule has 0 fully saturated rings. The van der Waals surface area contributed by atoms with Crippen LogP contribution in [0.15, 0.2) is 30.9 Å². The first kappa shape index (κ1) is 14.0. The molecule has 0 N–H and O–H groups in total. The Hall–Kier alpha value is -2.10. The lowest BCUT2D eigenvalue weighted by Crippen LogP contribution is -2.05. The van der Waals surface area contributed by atoms with Gasteiger partial charge in [0.15, 0.2) is 0 Å². The molecule has 0 spiro atoms. The molecule has 0 aliphatic carbocycles. The van der Waals surface area contributed by atoms with E-state index in [0.29, 0.717) is 11.5 Å². The number of ether oxygens (including phenoxy) is 2. The monoisotopic (exact) mass is 247 g/mol. The van der Waals surface area contributed by atoms with Crippen molar-refractivity contribution in [3.8, 4) is 11.5 Å². The van der Waals surface area contributed by atoms with Crippen LogP contribution in [-0.4, -0.2) is 11.9 Å². The normalized spacial score (nSPS) is 11.5. The van der Waals surface area contributed by atoms with Gasteiger partial charge in [-0.1, -0.05) is 6.08 Å². The van der Waals surface area contributed by atoms with Gasteiger partial charge in [-0.3, -0.25) is 9.59 Å². The Kier molecular flexibility index (Phi) is 4.66. The molecule has 95 valence electrons. The van der Waals surface area contributed by atoms with Crippen LogP contribution in [0, 0.1) is 6.92 Å². The van der Waals surface area contributed by atoms with E-state index in [1.54, 1.807) is 18.2 Å². The predicted octanol–water partition coefficient (Wildman–Crippen LogP) is 2.64. The molecule has 4 nitrogen and oxygen atoms in total. The molecule has 1 aromatic carbocycles. The first-order valence-electron chi connectivity index (χ1n) is 5.40. The van der Waals surface area contributed by atoms with E-state index < -0.39 is 11.9 Å². The van der Waals surface area contributed by atoms with Crippen molar-refractivity contribution < 1.29 is 19.1 Å². The van der Waals surface area contributed by atoms with Crippen LogP contribution in [0.4, 0.5) is 0 Å². The van der Waals surface area contributed by atoms with E-state index in [-0.39, 0.29) is 5.92 Å². The van der Waals surface area contributed by atoms with Crippen LogP contribution in [0.25, 0.3) is 0 Å². The van der Waals surface area contributed by atoms with E-state index in [2.05, 4.69) is 13.5 Å². The van der Waals surface area contributed by atoms with Crippen molar-refractivity contribution in [1.29, 1.82) is 0 Å². The maximum atomic E-state index is 10.9. The number of hydrogen-bond acceptors (Lipinski definition) is 4. The maximum Gasteiger partial charge on any atom is 0.308 e. The molecule has 1 atom stereocenters. The summed E-state index contributed by atoms with van der Waals surface area (Å²) < 4.78 is 9.96. The molecule has 0 aromatic heterocycles. The van der Waals surface area contributed by atoms with Crippen LogP contribution in [0.2, 0.25) is 0 Å². The van der Waals surface area contributed by atoms with Gasteiger partial charge < -0.3 is 9.47 Å². The second kappa shape index (κ2) is 6.00. The van der Waals surface area contributed by atoms with Gasteiger partial charge in [0.05, 0.1) is 0 Å². The Balaban J connectivity index is 3.14. The number of benzene rings is 1. The molecule has 18 heavy (non-hydrogen) atoms. The number of hydrogen-bond donors (Lipinski definition) is 0. The minimum Gasteiger partial charge on any atom is -0.427 e. The lowest BCUT2D eigenvalue weighted by molar-refractivity contribution is -0.132. The molecule has 4 heteroatoms. The third-order valence-electron chi connectivity index (χ3n) is 2.14. The quantitative estimate of drug-likeness (QED) is 0.466. The summed E-state index contributed by atoms with van der Waals surface area (Å²) in [5.41, 5.74) is 0.750. The highest BCUT2D eigenvalue weighted by Crippen LogP contribution is 2.28. The average molecular weight is 247 g/mol. The second-order valence-corrected chi connectivity index (χ2v) is 3.77. The van der Waals surface area contributed by atoms with Crippen molar-refractivity contribution >= 4 is 11.9 Å². The van der Waals surface area contributed by atoms with Gasteiger partial charge in [-0.15, -0.1) is 6.58 Å². The summed E-state index contributed by atoms with van der Waals surface area (Å²) in [6.07, 6.45) is 1.64. The minimum atomic E-state index is -0.444. The van der Waals surface area contributed by atoms with Crippen LogP contribution in [-0.2, 0) is 9.59 Å². The fourth-order valence-electron chi connectivity index (χ4n) is 1.39. The molecule has 0 amide bonds. The molecule has 1 aromatic rings. The summed E-state index contributed by atoms with van der Waals surface area (Å²) in [4.78, 5) is 21.9. The highest BCUT2D eigenvalue weighted by Gasteiger charge is 2.10. The fraction of sp³-hybridized carbons (Fsp3) is 0.214. The Morgan fingerprint density at radius 3 is 1.89 bits per heavy atom. The largest absolute Gasteiger partial charge is 0.427 e. The second-order valence-electron chi connectivity index (χ2n) is 3.77. The maximum absolute atomic E-state index is 10.9. The molecule has 0 bridgehead atoms. The zero-order valence-electron chi connectivity index (χ0n) is 10.4. The number of carbonyl (C=O) groups excluding carboxylic acids is 2. The summed E-state index contributed by atoms with van der Waals surface area (Å²) in [6, 6.07) is 4.80. The molecular formula is C14H15O4. The van der Waals surface area contributed by atoms with Crippen LogP contribution in [0.1, 0.15) is 25.3 Å². The van der Waals surface area contributed by atoms with Gasteiger partial charge >= 0.3 is 11.9 Å². The minimum absolute atomic E-state index is 0.185. The molecule has 0 aliphatic rings. The van der Waals surface area contributed by atoms with E-state index in [0.717, 1.165) is 5.56 Å². The van der Waals surface area contributed by atoms with Crippen molar-refractivity contribution in [2.75, 3.05) is 0 Å². The van der Waals surface area contributed by atoms with E-state index in [1.807, 2.05) is 0 Å². The standard InChI is InChI=1S/C14H15O4/c1-5-9(2)12-6-13(17-10(3)15)8-14(7-12)18-11(4)16/h5-9H,1-2H2,3-4H3. The number of carbonyl (C=O) groups is 2. The van der Waals surface area contributed by atoms with Crippen molar-refractivity contribution in [2.45, 2.75) is 19.8 Å². The lowest BCUT2D eigenvalue weighted by Gasteiger charge is -2.11. The number of allylic oxidation sites excluding steroid dienone is 1. The number of esters is 2. The Labute approximate surface area is 106 Å². The van der Waals surface area contributed by atoms with Crippen LogP contribution < -0.4 is 9.47 Å². The molecule has 1 unspecified atom stereocenters. The third-order valence-corrected chi connectivity index (χ3v) is 2.14. The third kappa shape index (κ3) is 4.05. The first-order chi connectivity index (χ1) is 8.42. The topological polar surface area (TPSA) is 52.6 Å². The zero-order chi connectivity index (χ0) is 13.7. The Bertz CT molecular complexity index is 442. The summed E-state index contributed by atoms with van der Waals surface area (Å²) in [5.74, 6) is -0.450. The van der Waals surface area contributed by atoms with E-state index in [1.165, 1.54) is 19.9 Å². The molecule has 0 aliphatic heterocycles. The summed E-state index contributed by atoms with van der Waals surface area (Å²) >= 11 is 0. The van der Waals surface area contributed by atoms with E-state index in [4.69, 9.17) is 9.47 Å². The van der Waals surface area contributed by atoms with Crippen molar-refractivity contribution in [3.05, 3.63) is 43.3 Å². The van der Waals surface area contributed by atoms with Gasteiger partial charge in [0, 0.05) is 25.8 Å². The van der Waals surface area contributed by atoms with Gasteiger partial charge in [-0.2, -0.15) is 0 Å². The first-order valence-corrected chi connectivity index (χ1v) is 5.40. The van der Waals surface area contributed by atoms with Crippen LogP contribution in [0.3, 0.4) is 0 Å². The SMILES string of the molecule is [CH2]C(C=C)c1cc(OC(C)=O)cc(OC(C)=O)c1. The van der Waals surface area contributed by atoms with Gasteiger partial charge in [0.2, 0.25) is 0 Å². The molecule has 0 saturated heterocycles. The molecule has 0 saturated carbocycles. The van der Waals surface area contributed by atoms with Crippen LogP contribution >= 0.6 is 0 Å². The van der Waals surface area contributed by atoms with Crippen molar-refractivity contribution in [2.24, 2.45) is 0 Å². The highest BCUT2D eigenvalue weighted by molar-refractivity contribution is 5.71. The van der Waals surface area contributed by atoms with E-state index >= 15 is 0 Å². The van der Waals surface area contributed by atoms with Gasteiger partial charge in [0.1, 0.15) is 11.5 Å². The van der Waals surface area contributed by atoms with Crippen molar-refractivity contribution in [1.82, 2.24) is 0 Å². The van der Waals surface area contributed by atoms with Gasteiger partial charge in [0.25, 0.3) is 0 Å². The Morgan fingerprint density at radius 1 is 1.11 bits per heavy atom. The van der Waals surface area contributed by atoms with Gasteiger partial charge in [-0.25, -0.2) is 0 Å². The molecule has 1 rings (SSSR count). The smallest absolute Gasteiger partial charge is 0.308 e. The average Bonchev–Trinajstić information content (AvgIpc) is 2.25. The molecule has 0 heterocycles. The summed E-state index contributed by atoms with van der Waals surface area (Å²) in [6.45, 7) is 10.1. The van der Waals surface area contributed by atoms with Crippen molar-refractivity contribution in [3.63, 3.8) is 0 Å². The van der Waals surface area contributed by atoms with E-state index in [9.17, 15) is 9.59 Å². The predicted molar refractivity (Wildman–Crippen MR) is 67.4 cm³/mol. The lowest BCUT2D eigenvalue weighted by atomic mass is 10.0.